The molecular weight excluding hydrogens is 662 g/mol. The number of alkyl halides is 2. The number of aliphatic carboxylic acids is 1. The predicted molar refractivity (Wildman–Crippen MR) is 110 cm³/mol. The van der Waals surface area contributed by atoms with E-state index in [2.05, 4.69) is 22.6 Å². The Bertz CT molecular complexity index is 725. The molecule has 3 N–H and O–H groups in total. The molecule has 24 heavy (non-hydrogen) atoms. The van der Waals surface area contributed by atoms with Gasteiger partial charge >= 0.3 is 35.5 Å². The summed E-state index contributed by atoms with van der Waals surface area (Å²) in [6, 6.07) is 11.4. The molecule has 122 valence electrons. The molecule has 0 aliphatic carbocycles. The van der Waals surface area contributed by atoms with Crippen molar-refractivity contribution < 1.29 is 49.3 Å². The van der Waals surface area contributed by atoms with Crippen LogP contribution in [-0.2, 0) is 4.79 Å². The van der Waals surface area contributed by atoms with E-state index >= 15 is 0 Å². The number of halogens is 3. The van der Waals surface area contributed by atoms with Gasteiger partial charge in [-0.3, -0.25) is 0 Å². The Morgan fingerprint density at radius 3 is 2.25 bits per heavy atom. The maximum atomic E-state index is 11.3. The number of carboxylic acids is 1. The molecule has 2 atom stereocenters. The second-order valence-electron chi connectivity index (χ2n) is 4.69. The van der Waals surface area contributed by atoms with E-state index in [1.54, 1.807) is 52.9 Å². The Hall–Kier alpha value is 0.660. The first-order chi connectivity index (χ1) is 10.7. The molecule has 2 rings (SSSR count). The SMILES string of the molecule is N[C@@](I)(C(=O)O)[C@H](I)c1ccc(Oc2ccc([O-])cc2)cc1I.[Na+]. The van der Waals surface area contributed by atoms with Crippen LogP contribution in [0.4, 0.5) is 0 Å². The van der Waals surface area contributed by atoms with Crippen LogP contribution in [0.2, 0.25) is 0 Å². The molecular formula is C15H11I3NNaO4. The first-order valence-electron chi connectivity index (χ1n) is 6.31. The summed E-state index contributed by atoms with van der Waals surface area (Å²) >= 11 is 5.91. The second-order valence-corrected chi connectivity index (χ2v) is 8.89. The van der Waals surface area contributed by atoms with Crippen molar-refractivity contribution in [1.29, 1.82) is 0 Å². The van der Waals surface area contributed by atoms with E-state index in [1.165, 1.54) is 12.1 Å². The topological polar surface area (TPSA) is 95.6 Å². The van der Waals surface area contributed by atoms with Crippen LogP contribution in [0.15, 0.2) is 42.5 Å². The number of hydrogen-bond donors (Lipinski definition) is 2. The molecule has 2 aromatic carbocycles. The average molecular weight is 673 g/mol. The van der Waals surface area contributed by atoms with Crippen LogP contribution < -0.4 is 45.1 Å². The molecule has 5 nitrogen and oxygen atoms in total. The summed E-state index contributed by atoms with van der Waals surface area (Å²) in [7, 11) is 0. The summed E-state index contributed by atoms with van der Waals surface area (Å²) in [5, 5.41) is 20.3. The van der Waals surface area contributed by atoms with Gasteiger partial charge in [-0.05, 0) is 75.0 Å². The molecule has 0 heterocycles. The summed E-state index contributed by atoms with van der Waals surface area (Å²) in [5.41, 5.74) is 6.72. The van der Waals surface area contributed by atoms with Crippen molar-refractivity contribution in [2.75, 3.05) is 0 Å². The van der Waals surface area contributed by atoms with Crippen LogP contribution in [0.3, 0.4) is 0 Å². The van der Waals surface area contributed by atoms with Crippen molar-refractivity contribution in [2.24, 2.45) is 5.73 Å². The number of nitrogens with two attached hydrogens (primary N) is 1. The number of rotatable bonds is 5. The molecule has 0 radical (unpaired) electrons. The smallest absolute Gasteiger partial charge is 0.872 e. The molecule has 0 spiro atoms. The van der Waals surface area contributed by atoms with Crippen molar-refractivity contribution in [3.8, 4) is 17.2 Å². The zero-order chi connectivity index (χ0) is 17.2. The predicted octanol–water partition coefficient (Wildman–Crippen LogP) is 0.812. The van der Waals surface area contributed by atoms with E-state index in [-0.39, 0.29) is 35.3 Å². The minimum Gasteiger partial charge on any atom is -0.872 e. The maximum absolute atomic E-state index is 11.3. The summed E-state index contributed by atoms with van der Waals surface area (Å²) < 4.78 is 4.74. The largest absolute Gasteiger partial charge is 1.00 e. The molecule has 0 amide bonds. The zero-order valence-corrected chi connectivity index (χ0v) is 21.0. The molecule has 0 fully saturated rings. The summed E-state index contributed by atoms with van der Waals surface area (Å²) in [6.07, 6.45) is 0. The van der Waals surface area contributed by atoms with Crippen LogP contribution in [0, 0.1) is 3.57 Å². The van der Waals surface area contributed by atoms with E-state index in [1.807, 2.05) is 22.6 Å². The molecule has 0 aromatic heterocycles. The fraction of sp³-hybridized carbons (Fsp3) is 0.133. The number of hydrogen-bond acceptors (Lipinski definition) is 4. The molecule has 2 aromatic rings. The fourth-order valence-electron chi connectivity index (χ4n) is 1.76. The summed E-state index contributed by atoms with van der Waals surface area (Å²) in [5.74, 6) is 0.0231. The Balaban J connectivity index is 0.00000288. The quantitative estimate of drug-likeness (QED) is 0.212. The van der Waals surface area contributed by atoms with Gasteiger partial charge in [-0.1, -0.05) is 40.8 Å². The van der Waals surface area contributed by atoms with Crippen LogP contribution in [-0.4, -0.2) is 14.6 Å². The third kappa shape index (κ3) is 5.58. The van der Waals surface area contributed by atoms with Crippen LogP contribution >= 0.6 is 67.8 Å². The van der Waals surface area contributed by atoms with E-state index < -0.39 is 13.4 Å². The van der Waals surface area contributed by atoms with E-state index in [9.17, 15) is 15.0 Å². The van der Waals surface area contributed by atoms with Gasteiger partial charge in [-0.25, -0.2) is 4.79 Å². The van der Waals surface area contributed by atoms with Crippen LogP contribution in [0.25, 0.3) is 0 Å². The van der Waals surface area contributed by atoms with E-state index in [0.717, 1.165) is 9.13 Å². The van der Waals surface area contributed by atoms with Crippen molar-refractivity contribution >= 4 is 73.7 Å². The third-order valence-electron chi connectivity index (χ3n) is 3.00. The van der Waals surface area contributed by atoms with Crippen molar-refractivity contribution in [2.45, 2.75) is 7.47 Å². The monoisotopic (exact) mass is 673 g/mol. The van der Waals surface area contributed by atoms with Crippen molar-refractivity contribution in [3.05, 3.63) is 51.6 Å². The Kier molecular flexibility index (Phi) is 9.04. The minimum atomic E-state index is -1.40. The van der Waals surface area contributed by atoms with Crippen LogP contribution in [0.5, 0.6) is 17.2 Å². The standard InChI is InChI=1S/C15H12I3NO4.Na/c16-12-7-10(23-9-3-1-8(20)2-4-9)5-6-11(12)13(17)15(18,19)14(21)22;/h1-7,13,20H,19H2,(H,21,22);/q;+1/p-1/t13-,15-;/m1./s1. The first-order valence-corrected chi connectivity index (χ1v) is 9.71. The van der Waals surface area contributed by atoms with Gasteiger partial charge in [0.15, 0.2) is 3.55 Å². The molecule has 9 heteroatoms. The number of carbonyl (C=O) groups is 1. The number of benzene rings is 2. The normalized spacial score (nSPS) is 14.2. The number of ether oxygens (including phenoxy) is 1. The Morgan fingerprint density at radius 2 is 1.75 bits per heavy atom. The molecule has 0 saturated carbocycles. The van der Waals surface area contributed by atoms with Gasteiger partial charge in [-0.15, -0.1) is 5.75 Å². The Labute approximate surface area is 202 Å². The molecule has 0 bridgehead atoms. The van der Waals surface area contributed by atoms with Gasteiger partial charge in [0.2, 0.25) is 0 Å². The van der Waals surface area contributed by atoms with Crippen molar-refractivity contribution in [1.82, 2.24) is 0 Å². The summed E-state index contributed by atoms with van der Waals surface area (Å²) in [4.78, 5) is 11.3. The van der Waals surface area contributed by atoms with Gasteiger partial charge in [0, 0.05) is 3.57 Å². The van der Waals surface area contributed by atoms with Crippen molar-refractivity contribution in [3.63, 3.8) is 0 Å². The van der Waals surface area contributed by atoms with Gasteiger partial charge in [-0.2, -0.15) is 0 Å². The second kappa shape index (κ2) is 9.55. The summed E-state index contributed by atoms with van der Waals surface area (Å²) in [6.45, 7) is 0. The maximum Gasteiger partial charge on any atom is 1.00 e. The number of carboxylic acid groups (broad SMARTS) is 1. The third-order valence-corrected chi connectivity index (χ3v) is 7.86. The average Bonchev–Trinajstić information content (AvgIpc) is 2.49. The molecule has 0 aliphatic heterocycles. The molecule has 0 saturated heterocycles. The van der Waals surface area contributed by atoms with E-state index in [0.29, 0.717) is 11.5 Å². The molecule has 0 aliphatic rings. The molecule has 0 unspecified atom stereocenters. The fourth-order valence-corrected chi connectivity index (χ4v) is 4.29. The van der Waals surface area contributed by atoms with Gasteiger partial charge < -0.3 is 20.7 Å². The van der Waals surface area contributed by atoms with E-state index in [4.69, 9.17) is 10.5 Å². The van der Waals surface area contributed by atoms with Crippen LogP contribution in [0.1, 0.15) is 9.49 Å². The zero-order valence-electron chi connectivity index (χ0n) is 12.5. The first kappa shape index (κ1) is 22.7. The minimum absolute atomic E-state index is 0. The van der Waals surface area contributed by atoms with Gasteiger partial charge in [0.25, 0.3) is 0 Å². The van der Waals surface area contributed by atoms with Gasteiger partial charge in [0.1, 0.15) is 11.5 Å². The Morgan fingerprint density at radius 1 is 1.21 bits per heavy atom. The van der Waals surface area contributed by atoms with Gasteiger partial charge in [0.05, 0.1) is 3.92 Å².